The number of thiophene rings is 1. The number of nitrogens with zero attached hydrogens (tertiary/aromatic N) is 1. The molecule has 26 heavy (non-hydrogen) atoms. The highest BCUT2D eigenvalue weighted by Gasteiger charge is 2.27. The zero-order valence-electron chi connectivity index (χ0n) is 14.4. The fraction of sp³-hybridized carbons (Fsp3) is 0.350. The monoisotopic (exact) mass is 371 g/mol. The van der Waals surface area contributed by atoms with Gasteiger partial charge in [-0.3, -0.25) is 14.4 Å². The molecular formula is C20H21NO4S. The smallest absolute Gasteiger partial charge is 0.303 e. The maximum Gasteiger partial charge on any atom is 0.303 e. The van der Waals surface area contributed by atoms with Crippen molar-refractivity contribution in [2.75, 3.05) is 13.1 Å². The van der Waals surface area contributed by atoms with Gasteiger partial charge in [0.25, 0.3) is 5.91 Å². The van der Waals surface area contributed by atoms with Crippen LogP contribution in [0, 0.1) is 5.92 Å². The Bertz CT molecular complexity index is 800. The Kier molecular flexibility index (Phi) is 5.83. The number of likely N-dealkylation sites (tertiary alicyclic amines) is 1. The lowest BCUT2D eigenvalue weighted by atomic mass is 9.92. The van der Waals surface area contributed by atoms with Crippen LogP contribution in [-0.4, -0.2) is 40.8 Å². The summed E-state index contributed by atoms with van der Waals surface area (Å²) in [6, 6.07) is 10.5. The predicted molar refractivity (Wildman–Crippen MR) is 99.7 cm³/mol. The van der Waals surface area contributed by atoms with Gasteiger partial charge in [-0.1, -0.05) is 24.3 Å². The molecule has 6 heteroatoms. The van der Waals surface area contributed by atoms with E-state index in [0.717, 1.165) is 12.8 Å². The first-order chi connectivity index (χ1) is 12.6. The van der Waals surface area contributed by atoms with Crippen LogP contribution in [0.15, 0.2) is 41.8 Å². The van der Waals surface area contributed by atoms with Crippen molar-refractivity contribution in [3.8, 4) is 0 Å². The van der Waals surface area contributed by atoms with Crippen LogP contribution in [-0.2, 0) is 4.79 Å². The van der Waals surface area contributed by atoms with E-state index in [4.69, 9.17) is 5.11 Å². The summed E-state index contributed by atoms with van der Waals surface area (Å²) in [5.74, 6) is -0.891. The number of ketones is 1. The quantitative estimate of drug-likeness (QED) is 0.786. The highest BCUT2D eigenvalue weighted by Crippen LogP contribution is 2.25. The van der Waals surface area contributed by atoms with E-state index >= 15 is 0 Å². The molecule has 1 amide bonds. The van der Waals surface area contributed by atoms with Crippen LogP contribution in [0.25, 0.3) is 0 Å². The molecule has 0 radical (unpaired) electrons. The first-order valence-corrected chi connectivity index (χ1v) is 9.62. The summed E-state index contributed by atoms with van der Waals surface area (Å²) in [6.07, 6.45) is 2.50. The zero-order valence-corrected chi connectivity index (χ0v) is 15.2. The van der Waals surface area contributed by atoms with Crippen LogP contribution < -0.4 is 0 Å². The van der Waals surface area contributed by atoms with Crippen molar-refractivity contribution < 1.29 is 19.5 Å². The average Bonchev–Trinajstić information content (AvgIpc) is 3.20. The van der Waals surface area contributed by atoms with Crippen molar-refractivity contribution in [2.45, 2.75) is 25.7 Å². The van der Waals surface area contributed by atoms with Crippen molar-refractivity contribution in [3.05, 3.63) is 57.8 Å². The van der Waals surface area contributed by atoms with Crippen LogP contribution in [0.1, 0.15) is 51.3 Å². The molecule has 1 aromatic carbocycles. The first kappa shape index (κ1) is 18.3. The van der Waals surface area contributed by atoms with Gasteiger partial charge in [-0.25, -0.2) is 0 Å². The summed E-state index contributed by atoms with van der Waals surface area (Å²) in [5.41, 5.74) is 0.845. The van der Waals surface area contributed by atoms with Crippen molar-refractivity contribution >= 4 is 29.0 Å². The van der Waals surface area contributed by atoms with Crippen LogP contribution in [0.4, 0.5) is 0 Å². The molecule has 3 rings (SSSR count). The van der Waals surface area contributed by atoms with Crippen molar-refractivity contribution in [2.24, 2.45) is 5.92 Å². The molecule has 1 atom stereocenters. The minimum absolute atomic E-state index is 0.125. The molecule has 0 bridgehead atoms. The van der Waals surface area contributed by atoms with Gasteiger partial charge in [-0.05, 0) is 42.7 Å². The largest absolute Gasteiger partial charge is 0.481 e. The summed E-state index contributed by atoms with van der Waals surface area (Å²) in [7, 11) is 0. The Hall–Kier alpha value is -2.47. The van der Waals surface area contributed by atoms with Gasteiger partial charge in [-0.15, -0.1) is 11.3 Å². The standard InChI is InChI=1S/C20H21NO4S/c22-18(23)10-9-14-5-3-11-21(13-14)20(25)16-7-2-1-6-15(16)19(24)17-8-4-12-26-17/h1-2,4,6-8,12,14H,3,5,9-11,13H2,(H,22,23)/t14-/m0/s1. The summed E-state index contributed by atoms with van der Waals surface area (Å²) >= 11 is 1.36. The Morgan fingerprint density at radius 3 is 2.58 bits per heavy atom. The number of carboxylic acids is 1. The number of benzene rings is 1. The second-order valence-electron chi connectivity index (χ2n) is 6.54. The lowest BCUT2D eigenvalue weighted by Crippen LogP contribution is -2.40. The highest BCUT2D eigenvalue weighted by atomic mass is 32.1. The van der Waals surface area contributed by atoms with E-state index in [1.165, 1.54) is 11.3 Å². The topological polar surface area (TPSA) is 74.7 Å². The van der Waals surface area contributed by atoms with Crippen LogP contribution in [0.5, 0.6) is 0 Å². The first-order valence-electron chi connectivity index (χ1n) is 8.74. The van der Waals surface area contributed by atoms with Crippen molar-refractivity contribution in [1.82, 2.24) is 4.90 Å². The van der Waals surface area contributed by atoms with Gasteiger partial charge >= 0.3 is 5.97 Å². The molecule has 2 heterocycles. The molecule has 1 aromatic heterocycles. The molecule has 2 aromatic rings. The molecule has 1 aliphatic heterocycles. The Morgan fingerprint density at radius 1 is 1.12 bits per heavy atom. The number of carbonyl (C=O) groups excluding carboxylic acids is 2. The molecule has 5 nitrogen and oxygen atoms in total. The van der Waals surface area contributed by atoms with Crippen LogP contribution in [0.2, 0.25) is 0 Å². The van der Waals surface area contributed by atoms with E-state index in [-0.39, 0.29) is 24.0 Å². The normalized spacial score (nSPS) is 17.1. The molecule has 0 unspecified atom stereocenters. The second-order valence-corrected chi connectivity index (χ2v) is 7.49. The SMILES string of the molecule is O=C(O)CC[C@@H]1CCCN(C(=O)c2ccccc2C(=O)c2cccs2)C1. The fourth-order valence-electron chi connectivity index (χ4n) is 3.39. The van der Waals surface area contributed by atoms with Gasteiger partial charge in [0, 0.05) is 25.1 Å². The van der Waals surface area contributed by atoms with Gasteiger partial charge < -0.3 is 10.0 Å². The number of rotatable bonds is 6. The van der Waals surface area contributed by atoms with E-state index < -0.39 is 5.97 Å². The summed E-state index contributed by atoms with van der Waals surface area (Å²) in [4.78, 5) is 38.9. The van der Waals surface area contributed by atoms with Crippen LogP contribution >= 0.6 is 11.3 Å². The number of hydrogen-bond donors (Lipinski definition) is 1. The molecule has 0 saturated carbocycles. The number of aliphatic carboxylic acids is 1. The van der Waals surface area contributed by atoms with E-state index in [1.807, 2.05) is 11.4 Å². The molecule has 136 valence electrons. The Balaban J connectivity index is 1.77. The second kappa shape index (κ2) is 8.27. The Labute approximate surface area is 156 Å². The number of amides is 1. The third-order valence-electron chi connectivity index (χ3n) is 4.72. The van der Waals surface area contributed by atoms with E-state index in [1.54, 1.807) is 35.2 Å². The lowest BCUT2D eigenvalue weighted by Gasteiger charge is -2.33. The molecule has 1 N–H and O–H groups in total. The van der Waals surface area contributed by atoms with Crippen molar-refractivity contribution in [3.63, 3.8) is 0 Å². The van der Waals surface area contributed by atoms with Gasteiger partial charge in [0.1, 0.15) is 0 Å². The molecule has 1 aliphatic rings. The van der Waals surface area contributed by atoms with Gasteiger partial charge in [0.2, 0.25) is 5.78 Å². The minimum Gasteiger partial charge on any atom is -0.481 e. The third-order valence-corrected chi connectivity index (χ3v) is 5.59. The number of carboxylic acid groups (broad SMARTS) is 1. The lowest BCUT2D eigenvalue weighted by molar-refractivity contribution is -0.137. The maximum absolute atomic E-state index is 13.0. The number of piperidine rings is 1. The summed E-state index contributed by atoms with van der Waals surface area (Å²) < 4.78 is 0. The minimum atomic E-state index is -0.805. The molecule has 1 saturated heterocycles. The maximum atomic E-state index is 13.0. The third kappa shape index (κ3) is 4.19. The number of carbonyl (C=O) groups is 3. The van der Waals surface area contributed by atoms with E-state index in [9.17, 15) is 14.4 Å². The van der Waals surface area contributed by atoms with Gasteiger partial charge in [0.05, 0.1) is 10.4 Å². The van der Waals surface area contributed by atoms with E-state index in [2.05, 4.69) is 0 Å². The molecular weight excluding hydrogens is 350 g/mol. The van der Waals surface area contributed by atoms with Crippen LogP contribution in [0.3, 0.4) is 0 Å². The summed E-state index contributed by atoms with van der Waals surface area (Å²) in [5, 5.41) is 10.7. The molecule has 0 aliphatic carbocycles. The summed E-state index contributed by atoms with van der Waals surface area (Å²) in [6.45, 7) is 1.19. The Morgan fingerprint density at radius 2 is 1.88 bits per heavy atom. The zero-order chi connectivity index (χ0) is 18.5. The predicted octanol–water partition coefficient (Wildman–Crippen LogP) is 3.70. The van der Waals surface area contributed by atoms with Gasteiger partial charge in [-0.2, -0.15) is 0 Å². The van der Waals surface area contributed by atoms with Gasteiger partial charge in [0.15, 0.2) is 0 Å². The number of hydrogen-bond acceptors (Lipinski definition) is 4. The van der Waals surface area contributed by atoms with Crippen molar-refractivity contribution in [1.29, 1.82) is 0 Å². The highest BCUT2D eigenvalue weighted by molar-refractivity contribution is 7.12. The fourth-order valence-corrected chi connectivity index (χ4v) is 4.07. The molecule has 1 fully saturated rings. The average molecular weight is 371 g/mol. The molecule has 0 spiro atoms. The van der Waals surface area contributed by atoms with E-state index in [0.29, 0.717) is 35.5 Å².